The summed E-state index contributed by atoms with van der Waals surface area (Å²) in [5.74, 6) is 1.42. The van der Waals surface area contributed by atoms with E-state index in [-0.39, 0.29) is 0 Å². The highest BCUT2D eigenvalue weighted by Crippen LogP contribution is 2.51. The van der Waals surface area contributed by atoms with Gasteiger partial charge in [-0.2, -0.15) is 0 Å². The molecule has 0 radical (unpaired) electrons. The van der Waals surface area contributed by atoms with Crippen LogP contribution in [-0.2, 0) is 0 Å². The van der Waals surface area contributed by atoms with Crippen molar-refractivity contribution in [3.8, 4) is 78.9 Å². The van der Waals surface area contributed by atoms with Crippen LogP contribution in [0.25, 0.3) is 217 Å². The Kier molecular flexibility index (Phi) is 14.3. The van der Waals surface area contributed by atoms with Gasteiger partial charge in [-0.05, 0) is 153 Å². The molecule has 0 spiro atoms. The fourth-order valence-corrected chi connectivity index (χ4v) is 19.4. The third-order valence-corrected chi connectivity index (χ3v) is 24.1. The van der Waals surface area contributed by atoms with E-state index in [0.717, 1.165) is 83.8 Å². The second-order valence-corrected chi connectivity index (χ2v) is 30.0. The molecule has 0 N–H and O–H groups in total. The Morgan fingerprint density at radius 2 is 0.574 bits per heavy atom. The SMILES string of the molecule is c1ccc(-c2cc(-c3ccccc3)cc(-c3nc(-c4ccc(-n5c6ccccc6c6c7sc8ccccc8c7c7ccccc7c65)cc4)nc4ccccc34)c2)cc1.c1ccc2cc(-c3nc(-c4ccc(-n5c6ccccc6c6c7sc8ccccc8c7c7ccccc7c65)cc4)nc4ccccc34)ccc2c1. The lowest BCUT2D eigenvalue weighted by atomic mass is 9.94. The van der Waals surface area contributed by atoms with Gasteiger partial charge in [0.25, 0.3) is 0 Å². The van der Waals surface area contributed by atoms with Crippen LogP contribution in [0.5, 0.6) is 0 Å². The molecular formula is C100H60N6S2. The number of hydrogen-bond acceptors (Lipinski definition) is 6. The van der Waals surface area contributed by atoms with Gasteiger partial charge in [0.05, 0.1) is 44.5 Å². The van der Waals surface area contributed by atoms with Crippen LogP contribution in [0.3, 0.4) is 0 Å². The van der Waals surface area contributed by atoms with Crippen molar-refractivity contribution in [2.24, 2.45) is 0 Å². The number of fused-ring (bicyclic) bond motifs is 23. The number of para-hydroxylation sites is 4. The van der Waals surface area contributed by atoms with Crippen LogP contribution in [0.1, 0.15) is 0 Å². The maximum Gasteiger partial charge on any atom is 0.160 e. The average Bonchev–Trinajstić information content (AvgIpc) is 1.54. The molecule has 6 nitrogen and oxygen atoms in total. The van der Waals surface area contributed by atoms with Crippen molar-refractivity contribution < 1.29 is 0 Å². The summed E-state index contributed by atoms with van der Waals surface area (Å²) in [6, 6.07) is 130. The lowest BCUT2D eigenvalue weighted by molar-refractivity contribution is 1.18. The summed E-state index contributed by atoms with van der Waals surface area (Å²) in [4.78, 5) is 20.8. The second kappa shape index (κ2) is 25.0. The highest BCUT2D eigenvalue weighted by Gasteiger charge is 2.25. The molecule has 0 unspecified atom stereocenters. The lowest BCUT2D eigenvalue weighted by Gasteiger charge is -2.14. The van der Waals surface area contributed by atoms with Crippen LogP contribution in [0.2, 0.25) is 0 Å². The van der Waals surface area contributed by atoms with Gasteiger partial charge in [-0.15, -0.1) is 22.7 Å². The molecule has 108 heavy (non-hydrogen) atoms. The Balaban J connectivity index is 0.000000135. The molecule has 6 heterocycles. The molecule has 502 valence electrons. The summed E-state index contributed by atoms with van der Waals surface area (Å²) in [5.41, 5.74) is 19.5. The molecule has 0 aliphatic rings. The molecule has 8 heteroatoms. The summed E-state index contributed by atoms with van der Waals surface area (Å²) in [6.45, 7) is 0. The monoisotopic (exact) mass is 1410 g/mol. The first-order valence-electron chi connectivity index (χ1n) is 36.6. The molecular weight excluding hydrogens is 1350 g/mol. The fourth-order valence-electron chi connectivity index (χ4n) is 16.8. The molecule has 0 saturated carbocycles. The smallest absolute Gasteiger partial charge is 0.160 e. The largest absolute Gasteiger partial charge is 0.309 e. The number of hydrogen-bond donors (Lipinski definition) is 0. The zero-order valence-corrected chi connectivity index (χ0v) is 59.8. The molecule has 0 atom stereocenters. The summed E-state index contributed by atoms with van der Waals surface area (Å²) in [5, 5.41) is 20.1. The Bertz CT molecular complexity index is 7540. The van der Waals surface area contributed by atoms with Gasteiger partial charge in [0.1, 0.15) is 0 Å². The van der Waals surface area contributed by atoms with Crippen molar-refractivity contribution >= 4 is 161 Å². The van der Waals surface area contributed by atoms with E-state index < -0.39 is 0 Å². The minimum absolute atomic E-state index is 0.700. The molecule has 23 aromatic rings. The maximum atomic E-state index is 5.38. The first kappa shape index (κ1) is 61.7. The van der Waals surface area contributed by atoms with E-state index in [1.165, 1.54) is 127 Å². The summed E-state index contributed by atoms with van der Waals surface area (Å²) < 4.78 is 10.2. The number of aromatic nitrogens is 6. The van der Waals surface area contributed by atoms with Crippen molar-refractivity contribution in [1.82, 2.24) is 29.1 Å². The highest BCUT2D eigenvalue weighted by molar-refractivity contribution is 7.27. The van der Waals surface area contributed by atoms with Gasteiger partial charge in [0.2, 0.25) is 0 Å². The molecule has 17 aromatic carbocycles. The van der Waals surface area contributed by atoms with Crippen molar-refractivity contribution in [3.63, 3.8) is 0 Å². The van der Waals surface area contributed by atoms with Crippen LogP contribution in [0, 0.1) is 0 Å². The number of thiophene rings is 2. The van der Waals surface area contributed by atoms with E-state index in [0.29, 0.717) is 5.82 Å². The number of benzene rings is 17. The standard InChI is InChI=1S/C54H33N3S.C46H27N3S/c1-3-15-34(16-4-1)37-31-38(35-17-5-2-6-18-35)33-39(32-37)51-43-21-9-12-24-46(43)55-54(56-51)36-27-29-40(30-28-36)57-47-25-13-10-22-44(47)50-52(57)42-20-8-7-19-41(42)49-45-23-11-14-26-48(45)58-53(49)50;1-2-12-30-27-31(22-21-28(30)11-1)43-35-15-5-8-18-38(35)47-46(48-43)29-23-25-32(26-24-29)49-39-19-9-6-16-36(39)42-44(49)34-14-4-3-13-33(34)41-37-17-7-10-20-40(37)50-45(41)42/h1-33H;1-27H. The van der Waals surface area contributed by atoms with E-state index in [2.05, 4.69) is 367 Å². The van der Waals surface area contributed by atoms with Gasteiger partial charge in [-0.1, -0.05) is 255 Å². The summed E-state index contributed by atoms with van der Waals surface area (Å²) >= 11 is 3.80. The van der Waals surface area contributed by atoms with Crippen LogP contribution < -0.4 is 0 Å². The third kappa shape index (κ3) is 9.92. The van der Waals surface area contributed by atoms with Crippen LogP contribution in [0.15, 0.2) is 364 Å². The van der Waals surface area contributed by atoms with Gasteiger partial charge >= 0.3 is 0 Å². The predicted molar refractivity (Wildman–Crippen MR) is 459 cm³/mol. The highest BCUT2D eigenvalue weighted by atomic mass is 32.1. The van der Waals surface area contributed by atoms with Crippen molar-refractivity contribution in [2.45, 2.75) is 0 Å². The summed E-state index contributed by atoms with van der Waals surface area (Å²) in [7, 11) is 0. The molecule has 6 aromatic heterocycles. The predicted octanol–water partition coefficient (Wildman–Crippen LogP) is 27.7. The fraction of sp³-hybridized carbons (Fsp3) is 0. The molecule has 0 aliphatic heterocycles. The van der Waals surface area contributed by atoms with E-state index in [1.807, 2.05) is 28.7 Å². The molecule has 0 fully saturated rings. The molecule has 0 amide bonds. The van der Waals surface area contributed by atoms with E-state index in [4.69, 9.17) is 19.9 Å². The Hall–Kier alpha value is -13.8. The normalized spacial score (nSPS) is 11.9. The lowest BCUT2D eigenvalue weighted by Crippen LogP contribution is -1.97. The molecule has 0 bridgehead atoms. The van der Waals surface area contributed by atoms with Gasteiger partial charge in [0, 0.05) is 117 Å². The van der Waals surface area contributed by atoms with E-state index >= 15 is 0 Å². The molecule has 0 saturated heterocycles. The first-order chi connectivity index (χ1) is 53.6. The zero-order valence-electron chi connectivity index (χ0n) is 58.1. The van der Waals surface area contributed by atoms with Crippen molar-refractivity contribution in [2.75, 3.05) is 0 Å². The van der Waals surface area contributed by atoms with Gasteiger partial charge in [-0.25, -0.2) is 19.9 Å². The van der Waals surface area contributed by atoms with Gasteiger partial charge in [-0.3, -0.25) is 0 Å². The average molecular weight is 1410 g/mol. The first-order valence-corrected chi connectivity index (χ1v) is 38.2. The minimum atomic E-state index is 0.700. The quantitative estimate of drug-likeness (QED) is 0.152. The van der Waals surface area contributed by atoms with Crippen molar-refractivity contribution in [3.05, 3.63) is 364 Å². The molecule has 23 rings (SSSR count). The van der Waals surface area contributed by atoms with E-state index in [9.17, 15) is 0 Å². The number of nitrogens with zero attached hydrogens (tertiary/aromatic N) is 6. The zero-order chi connectivity index (χ0) is 70.9. The van der Waals surface area contributed by atoms with Crippen LogP contribution in [-0.4, -0.2) is 29.1 Å². The van der Waals surface area contributed by atoms with Crippen molar-refractivity contribution in [1.29, 1.82) is 0 Å². The molecule has 0 aliphatic carbocycles. The maximum absolute atomic E-state index is 5.38. The van der Waals surface area contributed by atoms with Crippen LogP contribution >= 0.6 is 22.7 Å². The number of rotatable bonds is 8. The third-order valence-electron chi connectivity index (χ3n) is 21.7. The Morgan fingerprint density at radius 3 is 1.06 bits per heavy atom. The Labute approximate surface area is 628 Å². The minimum Gasteiger partial charge on any atom is -0.309 e. The van der Waals surface area contributed by atoms with Crippen LogP contribution in [0.4, 0.5) is 0 Å². The topological polar surface area (TPSA) is 61.4 Å². The van der Waals surface area contributed by atoms with Gasteiger partial charge in [0.15, 0.2) is 11.6 Å². The Morgan fingerprint density at radius 1 is 0.213 bits per heavy atom. The van der Waals surface area contributed by atoms with Gasteiger partial charge < -0.3 is 9.13 Å². The second-order valence-electron chi connectivity index (χ2n) is 27.9. The van der Waals surface area contributed by atoms with E-state index in [1.54, 1.807) is 0 Å². The summed E-state index contributed by atoms with van der Waals surface area (Å²) in [6.07, 6.45) is 0.